The number of hydrogen-bond donors (Lipinski definition) is 0. The Kier molecular flexibility index (Phi) is 5.84. The van der Waals surface area contributed by atoms with Crippen molar-refractivity contribution in [1.29, 1.82) is 0 Å². The molecule has 0 radical (unpaired) electrons. The van der Waals surface area contributed by atoms with Crippen LogP contribution in [0.1, 0.15) is 11.1 Å². The van der Waals surface area contributed by atoms with Gasteiger partial charge in [0.05, 0.1) is 45.0 Å². The third-order valence-corrected chi connectivity index (χ3v) is 3.58. The van der Waals surface area contributed by atoms with Crippen LogP contribution < -0.4 is 18.9 Å². The molecule has 0 fully saturated rings. The highest BCUT2D eigenvalue weighted by molar-refractivity contribution is 5.76. The van der Waals surface area contributed by atoms with E-state index in [1.54, 1.807) is 36.4 Å². The second kappa shape index (κ2) is 8.05. The van der Waals surface area contributed by atoms with Gasteiger partial charge in [-0.25, -0.2) is 0 Å². The molecule has 0 N–H and O–H groups in total. The summed E-state index contributed by atoms with van der Waals surface area (Å²) >= 11 is 0. The Morgan fingerprint density at radius 2 is 1.52 bits per heavy atom. The van der Waals surface area contributed by atoms with Crippen molar-refractivity contribution in [3.8, 4) is 23.0 Å². The van der Waals surface area contributed by atoms with Crippen molar-refractivity contribution in [2.24, 2.45) is 0 Å². The van der Waals surface area contributed by atoms with Crippen LogP contribution in [0.5, 0.6) is 23.0 Å². The lowest BCUT2D eigenvalue weighted by molar-refractivity contribution is -0.385. The van der Waals surface area contributed by atoms with Gasteiger partial charge in [-0.1, -0.05) is 6.08 Å². The van der Waals surface area contributed by atoms with Gasteiger partial charge < -0.3 is 18.9 Å². The average Bonchev–Trinajstić information content (AvgIpc) is 2.64. The van der Waals surface area contributed by atoms with E-state index in [-0.39, 0.29) is 5.69 Å². The molecule has 0 saturated heterocycles. The fourth-order valence-electron chi connectivity index (χ4n) is 2.33. The SMILES string of the molecule is COc1ccc(/C=C/c2cc(OC)c(OC)c(OC)c2)c([N+](=O)[O-])c1. The molecule has 7 heteroatoms. The molecule has 7 nitrogen and oxygen atoms in total. The second-order valence-corrected chi connectivity index (χ2v) is 4.97. The number of nitro benzene ring substituents is 1. The Morgan fingerprint density at radius 1 is 0.880 bits per heavy atom. The largest absolute Gasteiger partial charge is 0.497 e. The summed E-state index contributed by atoms with van der Waals surface area (Å²) in [5, 5.41) is 11.2. The van der Waals surface area contributed by atoms with Crippen LogP contribution >= 0.6 is 0 Å². The highest BCUT2D eigenvalue weighted by Gasteiger charge is 2.14. The van der Waals surface area contributed by atoms with Crippen molar-refractivity contribution in [2.45, 2.75) is 0 Å². The van der Waals surface area contributed by atoms with Gasteiger partial charge in [-0.2, -0.15) is 0 Å². The summed E-state index contributed by atoms with van der Waals surface area (Å²) in [6, 6.07) is 8.20. The van der Waals surface area contributed by atoms with Gasteiger partial charge in [-0.15, -0.1) is 0 Å². The second-order valence-electron chi connectivity index (χ2n) is 4.97. The smallest absolute Gasteiger partial charge is 0.280 e. The molecular formula is C18H19NO6. The van der Waals surface area contributed by atoms with E-state index in [4.69, 9.17) is 18.9 Å². The standard InChI is InChI=1S/C18H19NO6/c1-22-14-8-7-13(15(11-14)19(20)21)6-5-12-9-16(23-2)18(25-4)17(10-12)24-3/h5-11H,1-4H3/b6-5+. The van der Waals surface area contributed by atoms with E-state index in [1.807, 2.05) is 0 Å². The number of ether oxygens (including phenoxy) is 4. The molecular weight excluding hydrogens is 326 g/mol. The molecule has 0 aliphatic rings. The maximum absolute atomic E-state index is 11.2. The number of rotatable bonds is 7. The maximum atomic E-state index is 11.2. The summed E-state index contributed by atoms with van der Waals surface area (Å²) in [6.07, 6.45) is 3.39. The molecule has 25 heavy (non-hydrogen) atoms. The molecule has 132 valence electrons. The highest BCUT2D eigenvalue weighted by atomic mass is 16.6. The van der Waals surface area contributed by atoms with Crippen molar-refractivity contribution in [3.05, 3.63) is 51.6 Å². The quantitative estimate of drug-likeness (QED) is 0.431. The minimum absolute atomic E-state index is 0.0389. The lowest BCUT2D eigenvalue weighted by atomic mass is 10.1. The average molecular weight is 345 g/mol. The lowest BCUT2D eigenvalue weighted by Gasteiger charge is -2.12. The van der Waals surface area contributed by atoms with Crippen molar-refractivity contribution in [3.63, 3.8) is 0 Å². The molecule has 0 heterocycles. The van der Waals surface area contributed by atoms with Crippen LogP contribution in [0.2, 0.25) is 0 Å². The van der Waals surface area contributed by atoms with Crippen LogP contribution in [0.25, 0.3) is 12.2 Å². The van der Waals surface area contributed by atoms with Crippen molar-refractivity contribution < 1.29 is 23.9 Å². The molecule has 2 rings (SSSR count). The van der Waals surface area contributed by atoms with E-state index in [9.17, 15) is 10.1 Å². The van der Waals surface area contributed by atoms with Crippen molar-refractivity contribution >= 4 is 17.8 Å². The van der Waals surface area contributed by atoms with Gasteiger partial charge in [-0.3, -0.25) is 10.1 Å². The molecule has 0 unspecified atom stereocenters. The van der Waals surface area contributed by atoms with E-state index in [1.165, 1.54) is 34.5 Å². The molecule has 0 amide bonds. The van der Waals surface area contributed by atoms with Crippen molar-refractivity contribution in [2.75, 3.05) is 28.4 Å². The first-order valence-corrected chi connectivity index (χ1v) is 7.34. The van der Waals surface area contributed by atoms with Gasteiger partial charge >= 0.3 is 0 Å². The zero-order chi connectivity index (χ0) is 18.4. The third kappa shape index (κ3) is 4.00. The molecule has 2 aromatic carbocycles. The minimum Gasteiger partial charge on any atom is -0.497 e. The van der Waals surface area contributed by atoms with Crippen LogP contribution in [0.15, 0.2) is 30.3 Å². The predicted molar refractivity (Wildman–Crippen MR) is 94.7 cm³/mol. The summed E-state index contributed by atoms with van der Waals surface area (Å²) in [4.78, 5) is 10.8. The van der Waals surface area contributed by atoms with E-state index >= 15 is 0 Å². The molecule has 0 spiro atoms. The molecule has 0 aliphatic carbocycles. The maximum Gasteiger partial charge on any atom is 0.280 e. The first-order chi connectivity index (χ1) is 12.0. The molecule has 0 aromatic heterocycles. The van der Waals surface area contributed by atoms with Crippen molar-refractivity contribution in [1.82, 2.24) is 0 Å². The number of benzene rings is 2. The zero-order valence-electron chi connectivity index (χ0n) is 14.4. The van der Waals surface area contributed by atoms with Gasteiger partial charge in [0.2, 0.25) is 5.75 Å². The molecule has 0 aliphatic heterocycles. The van der Waals surface area contributed by atoms with Crippen LogP contribution in [0.3, 0.4) is 0 Å². The monoisotopic (exact) mass is 345 g/mol. The minimum atomic E-state index is -0.447. The van der Waals surface area contributed by atoms with Gasteiger partial charge in [0.1, 0.15) is 5.75 Å². The summed E-state index contributed by atoms with van der Waals surface area (Å²) in [5.41, 5.74) is 1.17. The van der Waals surface area contributed by atoms with Crippen LogP contribution in [-0.2, 0) is 0 Å². The number of hydrogen-bond acceptors (Lipinski definition) is 6. The fourth-order valence-corrected chi connectivity index (χ4v) is 2.33. The fraction of sp³-hybridized carbons (Fsp3) is 0.222. The van der Waals surface area contributed by atoms with E-state index in [0.29, 0.717) is 28.6 Å². The summed E-state index contributed by atoms with van der Waals surface area (Å²) in [7, 11) is 6.04. The first-order valence-electron chi connectivity index (χ1n) is 7.34. The molecule has 0 bridgehead atoms. The Hall–Kier alpha value is -3.22. The topological polar surface area (TPSA) is 80.1 Å². The van der Waals surface area contributed by atoms with Crippen LogP contribution in [-0.4, -0.2) is 33.4 Å². The van der Waals surface area contributed by atoms with Gasteiger partial charge in [0.25, 0.3) is 5.69 Å². The molecule has 0 atom stereocenters. The third-order valence-electron chi connectivity index (χ3n) is 3.58. The lowest BCUT2D eigenvalue weighted by Crippen LogP contribution is -1.95. The van der Waals surface area contributed by atoms with E-state index in [0.717, 1.165) is 5.56 Å². The van der Waals surface area contributed by atoms with E-state index < -0.39 is 4.92 Å². The number of nitro groups is 1. The Morgan fingerprint density at radius 3 is 2.00 bits per heavy atom. The molecule has 2 aromatic rings. The van der Waals surface area contributed by atoms with Crippen LogP contribution in [0, 0.1) is 10.1 Å². The predicted octanol–water partition coefficient (Wildman–Crippen LogP) is 3.80. The summed E-state index contributed by atoms with van der Waals surface area (Å²) in [6.45, 7) is 0. The van der Waals surface area contributed by atoms with Gasteiger partial charge in [0, 0.05) is 0 Å². The number of methoxy groups -OCH3 is 4. The Balaban J connectivity index is 2.44. The number of nitrogens with zero attached hydrogens (tertiary/aromatic N) is 1. The first kappa shape index (κ1) is 18.1. The van der Waals surface area contributed by atoms with Crippen LogP contribution in [0.4, 0.5) is 5.69 Å². The molecule has 0 saturated carbocycles. The Bertz CT molecular complexity index is 775. The summed E-state index contributed by atoms with van der Waals surface area (Å²) in [5.74, 6) is 1.92. The van der Waals surface area contributed by atoms with Gasteiger partial charge in [0.15, 0.2) is 11.5 Å². The zero-order valence-corrected chi connectivity index (χ0v) is 14.4. The van der Waals surface area contributed by atoms with E-state index in [2.05, 4.69) is 0 Å². The van der Waals surface area contributed by atoms with Gasteiger partial charge in [-0.05, 0) is 35.9 Å². The summed E-state index contributed by atoms with van der Waals surface area (Å²) < 4.78 is 20.9. The normalized spacial score (nSPS) is 10.6. The Labute approximate surface area is 145 Å². The highest BCUT2D eigenvalue weighted by Crippen LogP contribution is 2.38.